The van der Waals surface area contributed by atoms with E-state index in [-0.39, 0.29) is 0 Å². The maximum absolute atomic E-state index is 11.7. The molecule has 2 amide bonds. The third kappa shape index (κ3) is 4.43. The summed E-state index contributed by atoms with van der Waals surface area (Å²) in [6.07, 6.45) is 1.83. The van der Waals surface area contributed by atoms with Crippen molar-refractivity contribution in [1.29, 1.82) is 5.26 Å². The van der Waals surface area contributed by atoms with Crippen molar-refractivity contribution >= 4 is 17.5 Å². The lowest BCUT2D eigenvalue weighted by molar-refractivity contribution is -0.142. The molecule has 0 aliphatic rings. The second-order valence-electron chi connectivity index (χ2n) is 4.22. The van der Waals surface area contributed by atoms with Gasteiger partial charge in [-0.15, -0.1) is 0 Å². The number of nitrogens with zero attached hydrogens (tertiary/aromatic N) is 2. The van der Waals surface area contributed by atoms with Crippen LogP contribution in [0.2, 0.25) is 0 Å². The van der Waals surface area contributed by atoms with Crippen molar-refractivity contribution in [3.05, 3.63) is 29.8 Å². The van der Waals surface area contributed by atoms with Crippen LogP contribution in [0.5, 0.6) is 0 Å². The molecule has 5 heteroatoms. The zero-order valence-electron chi connectivity index (χ0n) is 11.1. The van der Waals surface area contributed by atoms with Gasteiger partial charge in [0.2, 0.25) is 0 Å². The van der Waals surface area contributed by atoms with Crippen LogP contribution in [0.15, 0.2) is 24.3 Å². The number of carbonyl (C=O) groups is 2. The quantitative estimate of drug-likeness (QED) is 0.837. The highest BCUT2D eigenvalue weighted by molar-refractivity contribution is 6.39. The largest absolute Gasteiger partial charge is 0.338 e. The molecule has 0 unspecified atom stereocenters. The Morgan fingerprint density at radius 1 is 1.32 bits per heavy atom. The standard InChI is InChI=1S/C14H17N3O2/c1-3-4-9-17(2)14(19)13(18)16-12-7-5-11(10-15)6-8-12/h5-8H,3-4,9H2,1-2H3,(H,16,18). The molecule has 0 aliphatic heterocycles. The Morgan fingerprint density at radius 3 is 2.47 bits per heavy atom. The molecule has 0 saturated heterocycles. The van der Waals surface area contributed by atoms with Crippen LogP contribution >= 0.6 is 0 Å². The van der Waals surface area contributed by atoms with Crippen LogP contribution < -0.4 is 5.32 Å². The van der Waals surface area contributed by atoms with Gasteiger partial charge in [-0.2, -0.15) is 5.26 Å². The van der Waals surface area contributed by atoms with Crippen LogP contribution in [0.3, 0.4) is 0 Å². The molecule has 5 nitrogen and oxygen atoms in total. The summed E-state index contributed by atoms with van der Waals surface area (Å²) < 4.78 is 0. The van der Waals surface area contributed by atoms with Gasteiger partial charge in [-0.3, -0.25) is 9.59 Å². The van der Waals surface area contributed by atoms with E-state index in [0.717, 1.165) is 12.8 Å². The van der Waals surface area contributed by atoms with Gasteiger partial charge in [-0.25, -0.2) is 0 Å². The van der Waals surface area contributed by atoms with Crippen molar-refractivity contribution in [1.82, 2.24) is 4.90 Å². The molecule has 100 valence electrons. The number of nitriles is 1. The van der Waals surface area contributed by atoms with E-state index in [1.807, 2.05) is 13.0 Å². The summed E-state index contributed by atoms with van der Waals surface area (Å²) in [5.41, 5.74) is 1.01. The summed E-state index contributed by atoms with van der Waals surface area (Å²) in [6, 6.07) is 8.34. The number of amides is 2. The number of rotatable bonds is 4. The summed E-state index contributed by atoms with van der Waals surface area (Å²) in [4.78, 5) is 24.8. The van der Waals surface area contributed by atoms with Crippen LogP contribution in [-0.4, -0.2) is 30.3 Å². The van der Waals surface area contributed by atoms with Gasteiger partial charge in [0.25, 0.3) is 0 Å². The van der Waals surface area contributed by atoms with Gasteiger partial charge in [0, 0.05) is 19.3 Å². The summed E-state index contributed by atoms with van der Waals surface area (Å²) in [5.74, 6) is -1.22. The van der Waals surface area contributed by atoms with E-state index in [1.165, 1.54) is 4.90 Å². The Bertz CT molecular complexity index is 488. The lowest BCUT2D eigenvalue weighted by atomic mass is 10.2. The summed E-state index contributed by atoms with van der Waals surface area (Å²) in [7, 11) is 1.61. The highest BCUT2D eigenvalue weighted by Gasteiger charge is 2.18. The van der Waals surface area contributed by atoms with E-state index < -0.39 is 11.8 Å². The van der Waals surface area contributed by atoms with E-state index >= 15 is 0 Å². The van der Waals surface area contributed by atoms with Gasteiger partial charge in [-0.1, -0.05) is 13.3 Å². The number of benzene rings is 1. The van der Waals surface area contributed by atoms with Gasteiger partial charge in [0.05, 0.1) is 11.6 Å². The van der Waals surface area contributed by atoms with Crippen molar-refractivity contribution in [3.8, 4) is 6.07 Å². The molecule has 1 aromatic rings. The van der Waals surface area contributed by atoms with Gasteiger partial charge >= 0.3 is 11.8 Å². The predicted molar refractivity (Wildman–Crippen MR) is 72.3 cm³/mol. The molecule has 1 N–H and O–H groups in total. The fraction of sp³-hybridized carbons (Fsp3) is 0.357. The van der Waals surface area contributed by atoms with Gasteiger partial charge < -0.3 is 10.2 Å². The summed E-state index contributed by atoms with van der Waals surface area (Å²) in [6.45, 7) is 2.59. The Morgan fingerprint density at radius 2 is 1.95 bits per heavy atom. The Hall–Kier alpha value is -2.35. The molecular formula is C14H17N3O2. The van der Waals surface area contributed by atoms with E-state index in [2.05, 4.69) is 5.32 Å². The smallest absolute Gasteiger partial charge is 0.313 e. The van der Waals surface area contributed by atoms with E-state index in [0.29, 0.717) is 17.8 Å². The molecule has 0 radical (unpaired) electrons. The minimum Gasteiger partial charge on any atom is -0.338 e. The van der Waals surface area contributed by atoms with Crippen molar-refractivity contribution in [2.45, 2.75) is 19.8 Å². The van der Waals surface area contributed by atoms with Crippen LogP contribution in [0.4, 0.5) is 5.69 Å². The molecule has 0 bridgehead atoms. The van der Waals surface area contributed by atoms with Crippen LogP contribution in [0.1, 0.15) is 25.3 Å². The number of nitrogens with one attached hydrogen (secondary N) is 1. The first-order valence-electron chi connectivity index (χ1n) is 6.15. The highest BCUT2D eigenvalue weighted by atomic mass is 16.2. The Balaban J connectivity index is 2.58. The lowest BCUT2D eigenvalue weighted by Gasteiger charge is -2.15. The molecule has 0 atom stereocenters. The fourth-order valence-corrected chi connectivity index (χ4v) is 1.48. The number of likely N-dealkylation sites (N-methyl/N-ethyl adjacent to an activating group) is 1. The van der Waals surface area contributed by atoms with E-state index in [1.54, 1.807) is 31.3 Å². The number of hydrogen-bond donors (Lipinski definition) is 1. The molecule has 0 aromatic heterocycles. The van der Waals surface area contributed by atoms with Gasteiger partial charge in [0.15, 0.2) is 0 Å². The number of anilines is 1. The topological polar surface area (TPSA) is 73.2 Å². The third-order valence-corrected chi connectivity index (χ3v) is 2.66. The molecule has 0 heterocycles. The van der Waals surface area contributed by atoms with Crippen molar-refractivity contribution in [3.63, 3.8) is 0 Å². The predicted octanol–water partition coefficient (Wildman–Crippen LogP) is 1.76. The van der Waals surface area contributed by atoms with Crippen molar-refractivity contribution < 1.29 is 9.59 Å². The van der Waals surface area contributed by atoms with Crippen LogP contribution in [-0.2, 0) is 9.59 Å². The number of hydrogen-bond acceptors (Lipinski definition) is 3. The van der Waals surface area contributed by atoms with E-state index in [4.69, 9.17) is 5.26 Å². The average molecular weight is 259 g/mol. The highest BCUT2D eigenvalue weighted by Crippen LogP contribution is 2.08. The summed E-state index contributed by atoms with van der Waals surface area (Å²) >= 11 is 0. The monoisotopic (exact) mass is 259 g/mol. The average Bonchev–Trinajstić information content (AvgIpc) is 2.44. The Labute approximate surface area is 112 Å². The minimum absolute atomic E-state index is 0.501. The maximum atomic E-state index is 11.7. The first-order valence-corrected chi connectivity index (χ1v) is 6.15. The summed E-state index contributed by atoms with van der Waals surface area (Å²) in [5, 5.41) is 11.2. The Kier molecular flexibility index (Phi) is 5.55. The second-order valence-corrected chi connectivity index (χ2v) is 4.22. The normalized spacial score (nSPS) is 9.53. The zero-order valence-corrected chi connectivity index (χ0v) is 11.1. The van der Waals surface area contributed by atoms with Crippen LogP contribution in [0.25, 0.3) is 0 Å². The zero-order chi connectivity index (χ0) is 14.3. The van der Waals surface area contributed by atoms with Crippen LogP contribution in [0, 0.1) is 11.3 Å². The molecule has 19 heavy (non-hydrogen) atoms. The lowest BCUT2D eigenvalue weighted by Crippen LogP contribution is -2.37. The minimum atomic E-state index is -0.664. The molecule has 0 spiro atoms. The van der Waals surface area contributed by atoms with Crippen molar-refractivity contribution in [2.24, 2.45) is 0 Å². The molecule has 0 saturated carbocycles. The molecule has 1 rings (SSSR count). The SMILES string of the molecule is CCCCN(C)C(=O)C(=O)Nc1ccc(C#N)cc1. The first kappa shape index (κ1) is 14.7. The van der Waals surface area contributed by atoms with Gasteiger partial charge in [0.1, 0.15) is 0 Å². The molecular weight excluding hydrogens is 242 g/mol. The number of unbranched alkanes of at least 4 members (excludes halogenated alkanes) is 1. The molecule has 0 aliphatic carbocycles. The first-order chi connectivity index (χ1) is 9.08. The molecule has 1 aromatic carbocycles. The van der Waals surface area contributed by atoms with E-state index in [9.17, 15) is 9.59 Å². The van der Waals surface area contributed by atoms with Gasteiger partial charge in [-0.05, 0) is 30.7 Å². The molecule has 0 fully saturated rings. The third-order valence-electron chi connectivity index (χ3n) is 2.66. The maximum Gasteiger partial charge on any atom is 0.313 e. The number of carbonyl (C=O) groups excluding carboxylic acids is 2. The van der Waals surface area contributed by atoms with Crippen molar-refractivity contribution in [2.75, 3.05) is 18.9 Å². The second kappa shape index (κ2) is 7.17. The fourth-order valence-electron chi connectivity index (χ4n) is 1.48.